The molecule has 0 heterocycles. The Labute approximate surface area is 101 Å². The van der Waals surface area contributed by atoms with Crippen LogP contribution in [0.3, 0.4) is 0 Å². The normalized spacial score (nSPS) is 19.8. The van der Waals surface area contributed by atoms with Gasteiger partial charge in [0.25, 0.3) is 0 Å². The summed E-state index contributed by atoms with van der Waals surface area (Å²) in [4.78, 5) is 10.2. The van der Waals surface area contributed by atoms with Crippen LogP contribution in [0.25, 0.3) is 0 Å². The summed E-state index contributed by atoms with van der Waals surface area (Å²) in [6, 6.07) is 0. The lowest BCUT2D eigenvalue weighted by atomic mass is 9.83. The third-order valence-electron chi connectivity index (χ3n) is 3.00. The van der Waals surface area contributed by atoms with Crippen LogP contribution in [0.1, 0.15) is 66.2 Å². The molecule has 0 amide bonds. The molecule has 0 aromatic carbocycles. The first kappa shape index (κ1) is 15.4. The van der Waals surface area contributed by atoms with Crippen LogP contribution >= 0.6 is 0 Å². The van der Waals surface area contributed by atoms with Gasteiger partial charge in [-0.1, -0.05) is 39.3 Å². The maximum Gasteiger partial charge on any atom is 0.120 e. The minimum absolute atomic E-state index is 0.709. The summed E-state index contributed by atoms with van der Waals surface area (Å²) in [7, 11) is 0. The largest absolute Gasteiger partial charge is 0.303 e. The van der Waals surface area contributed by atoms with Crippen LogP contribution in [0.15, 0.2) is 11.6 Å². The van der Waals surface area contributed by atoms with Gasteiger partial charge >= 0.3 is 0 Å². The van der Waals surface area contributed by atoms with Gasteiger partial charge in [0, 0.05) is 6.42 Å². The summed E-state index contributed by atoms with van der Waals surface area (Å²) in [6.45, 7) is 8.59. The van der Waals surface area contributed by atoms with E-state index in [1.54, 1.807) is 0 Å². The Morgan fingerprint density at radius 2 is 2.12 bits per heavy atom. The number of carbonyl (C=O) groups is 1. The molecule has 0 aliphatic heterocycles. The quantitative estimate of drug-likeness (QED) is 0.486. The molecule has 0 aromatic heterocycles. The molecule has 0 fully saturated rings. The molecule has 1 atom stereocenters. The molecule has 1 unspecified atom stereocenters. The average Bonchev–Trinajstić information content (AvgIpc) is 2.30. The smallest absolute Gasteiger partial charge is 0.120 e. The van der Waals surface area contributed by atoms with Gasteiger partial charge in [-0.05, 0) is 43.9 Å². The lowest BCUT2D eigenvalue weighted by Gasteiger charge is -2.23. The summed E-state index contributed by atoms with van der Waals surface area (Å²) >= 11 is 0. The van der Waals surface area contributed by atoms with Gasteiger partial charge in [0.15, 0.2) is 0 Å². The van der Waals surface area contributed by atoms with E-state index in [0.29, 0.717) is 6.42 Å². The highest BCUT2D eigenvalue weighted by atomic mass is 16.1. The minimum Gasteiger partial charge on any atom is -0.303 e. The van der Waals surface area contributed by atoms with Crippen LogP contribution < -0.4 is 0 Å². The van der Waals surface area contributed by atoms with Crippen molar-refractivity contribution in [2.75, 3.05) is 0 Å². The van der Waals surface area contributed by atoms with E-state index in [0.717, 1.165) is 24.5 Å². The molecule has 0 saturated carbocycles. The van der Waals surface area contributed by atoms with Crippen molar-refractivity contribution in [3.8, 4) is 0 Å². The lowest BCUT2D eigenvalue weighted by molar-refractivity contribution is -0.107. The topological polar surface area (TPSA) is 17.1 Å². The van der Waals surface area contributed by atoms with E-state index in [1.165, 1.54) is 31.3 Å². The number of hydrogen-bond donors (Lipinski definition) is 0. The van der Waals surface area contributed by atoms with E-state index in [-0.39, 0.29) is 0 Å². The Kier molecular flexibility index (Phi) is 9.27. The zero-order valence-corrected chi connectivity index (χ0v) is 11.5. The van der Waals surface area contributed by atoms with Gasteiger partial charge in [-0.3, -0.25) is 0 Å². The van der Waals surface area contributed by atoms with Crippen molar-refractivity contribution in [1.29, 1.82) is 0 Å². The third kappa shape index (κ3) is 6.81. The van der Waals surface area contributed by atoms with Crippen molar-refractivity contribution in [3.05, 3.63) is 11.6 Å². The van der Waals surface area contributed by atoms with Gasteiger partial charge in [-0.2, -0.15) is 0 Å². The van der Waals surface area contributed by atoms with Gasteiger partial charge in [0.2, 0.25) is 0 Å². The second-order valence-electron chi connectivity index (χ2n) is 4.84. The molecular formula is C15H28O. The molecular weight excluding hydrogens is 196 g/mol. The van der Waals surface area contributed by atoms with Crippen molar-refractivity contribution in [3.63, 3.8) is 0 Å². The van der Waals surface area contributed by atoms with Crippen LogP contribution in [0.4, 0.5) is 0 Å². The van der Waals surface area contributed by atoms with Crippen molar-refractivity contribution < 1.29 is 4.79 Å². The fourth-order valence-electron chi connectivity index (χ4n) is 2.29. The molecule has 1 nitrogen and oxygen atoms in total. The Morgan fingerprint density at radius 3 is 2.56 bits per heavy atom. The zero-order valence-electron chi connectivity index (χ0n) is 11.5. The zero-order chi connectivity index (χ0) is 12.4. The van der Waals surface area contributed by atoms with Gasteiger partial charge in [0.05, 0.1) is 0 Å². The molecule has 16 heavy (non-hydrogen) atoms. The molecule has 1 heteroatoms. The Bertz CT molecular complexity index is 203. The highest BCUT2D eigenvalue weighted by molar-refractivity contribution is 5.49. The molecule has 0 saturated heterocycles. The molecule has 0 radical (unpaired) electrons. The first-order chi connectivity index (χ1) is 7.72. The van der Waals surface area contributed by atoms with Crippen LogP contribution in [0, 0.1) is 11.8 Å². The fraction of sp³-hybridized carbons (Fsp3) is 0.800. The molecule has 0 N–H and O–H groups in total. The van der Waals surface area contributed by atoms with E-state index in [9.17, 15) is 4.79 Å². The second kappa shape index (κ2) is 9.62. The van der Waals surface area contributed by atoms with Crippen LogP contribution in [0.5, 0.6) is 0 Å². The van der Waals surface area contributed by atoms with Crippen molar-refractivity contribution >= 4 is 6.29 Å². The highest BCUT2D eigenvalue weighted by Gasteiger charge is 2.14. The number of rotatable bonds is 5. The molecule has 0 aromatic rings. The van der Waals surface area contributed by atoms with Crippen molar-refractivity contribution in [1.82, 2.24) is 0 Å². The summed E-state index contributed by atoms with van der Waals surface area (Å²) in [6.07, 6.45) is 10.3. The first-order valence-corrected chi connectivity index (χ1v) is 6.84. The Balaban J connectivity index is 0.00000106. The molecule has 1 aliphatic rings. The first-order valence-electron chi connectivity index (χ1n) is 6.84. The van der Waals surface area contributed by atoms with E-state index >= 15 is 0 Å². The maximum atomic E-state index is 10.2. The standard InChI is InChI=1S/C13H22O.C2H6/c1-11(2)10-13-7-5-12(6-8-13)4-3-9-14;1-2/h5,9,11,13H,3-4,6-8,10H2,1-2H3;1-2H3. The van der Waals surface area contributed by atoms with E-state index in [1.807, 2.05) is 13.8 Å². The number of hydrogen-bond acceptors (Lipinski definition) is 1. The maximum absolute atomic E-state index is 10.2. The van der Waals surface area contributed by atoms with Gasteiger partial charge in [-0.15, -0.1) is 0 Å². The summed E-state index contributed by atoms with van der Waals surface area (Å²) < 4.78 is 0. The minimum atomic E-state index is 0.709. The number of aldehydes is 1. The van der Waals surface area contributed by atoms with Crippen LogP contribution in [-0.2, 0) is 4.79 Å². The predicted molar refractivity (Wildman–Crippen MR) is 71.5 cm³/mol. The van der Waals surface area contributed by atoms with Crippen molar-refractivity contribution in [2.24, 2.45) is 11.8 Å². The number of allylic oxidation sites excluding steroid dienone is 2. The Morgan fingerprint density at radius 1 is 1.44 bits per heavy atom. The van der Waals surface area contributed by atoms with E-state index in [2.05, 4.69) is 19.9 Å². The summed E-state index contributed by atoms with van der Waals surface area (Å²) in [5.41, 5.74) is 1.51. The highest BCUT2D eigenvalue weighted by Crippen LogP contribution is 2.29. The summed E-state index contributed by atoms with van der Waals surface area (Å²) in [5, 5.41) is 0. The Hall–Kier alpha value is -0.590. The van der Waals surface area contributed by atoms with E-state index < -0.39 is 0 Å². The predicted octanol–water partition coefficient (Wildman–Crippen LogP) is 4.76. The van der Waals surface area contributed by atoms with Gasteiger partial charge < -0.3 is 4.79 Å². The van der Waals surface area contributed by atoms with Crippen LogP contribution in [-0.4, -0.2) is 6.29 Å². The fourth-order valence-corrected chi connectivity index (χ4v) is 2.29. The molecule has 0 bridgehead atoms. The average molecular weight is 224 g/mol. The van der Waals surface area contributed by atoms with Gasteiger partial charge in [-0.25, -0.2) is 0 Å². The molecule has 1 aliphatic carbocycles. The monoisotopic (exact) mass is 224 g/mol. The molecule has 94 valence electrons. The van der Waals surface area contributed by atoms with Crippen LogP contribution in [0.2, 0.25) is 0 Å². The molecule has 0 spiro atoms. The lowest BCUT2D eigenvalue weighted by Crippen LogP contribution is -2.08. The third-order valence-corrected chi connectivity index (χ3v) is 3.00. The van der Waals surface area contributed by atoms with Crippen molar-refractivity contribution in [2.45, 2.75) is 66.2 Å². The van der Waals surface area contributed by atoms with Gasteiger partial charge in [0.1, 0.15) is 6.29 Å². The second-order valence-corrected chi connectivity index (χ2v) is 4.84. The number of carbonyl (C=O) groups excluding carboxylic acids is 1. The van der Waals surface area contributed by atoms with E-state index in [4.69, 9.17) is 0 Å². The SMILES string of the molecule is CC.CC(C)CC1CC=C(CCC=O)CC1. The molecule has 1 rings (SSSR count). The summed E-state index contributed by atoms with van der Waals surface area (Å²) in [5.74, 6) is 1.72.